The number of aliphatic carboxylic acids is 1. The van der Waals surface area contributed by atoms with E-state index in [-0.39, 0.29) is 43.6 Å². The van der Waals surface area contributed by atoms with Crippen LogP contribution in [0.4, 0.5) is 24.3 Å². The number of aromatic nitrogens is 3. The van der Waals surface area contributed by atoms with Crippen molar-refractivity contribution in [3.8, 4) is 5.75 Å². The Balaban J connectivity index is 1.54. The first-order valence-corrected chi connectivity index (χ1v) is 12.6. The van der Waals surface area contributed by atoms with Crippen molar-refractivity contribution in [1.82, 2.24) is 19.3 Å². The summed E-state index contributed by atoms with van der Waals surface area (Å²) in [6.07, 6.45) is -3.40. The highest BCUT2D eigenvalue weighted by molar-refractivity contribution is 7.89. The van der Waals surface area contributed by atoms with E-state index in [0.717, 1.165) is 28.6 Å². The Morgan fingerprint density at radius 3 is 2.58 bits per heavy atom. The van der Waals surface area contributed by atoms with Crippen LogP contribution in [0.2, 0.25) is 0 Å². The number of thiazole rings is 1. The van der Waals surface area contributed by atoms with Gasteiger partial charge in [0.05, 0.1) is 22.4 Å². The zero-order valence-corrected chi connectivity index (χ0v) is 19.8. The average molecular weight is 549 g/mol. The van der Waals surface area contributed by atoms with Crippen molar-refractivity contribution in [2.45, 2.75) is 17.3 Å². The summed E-state index contributed by atoms with van der Waals surface area (Å²) in [5.74, 6) is -1.73. The van der Waals surface area contributed by atoms with E-state index in [9.17, 15) is 31.5 Å². The van der Waals surface area contributed by atoms with Crippen LogP contribution in [0.25, 0.3) is 10.3 Å². The molecule has 1 fully saturated rings. The quantitative estimate of drug-likeness (QED) is 0.373. The number of aliphatic hydroxyl groups excluding tert-OH is 1. The number of benzene rings is 1. The maximum atomic E-state index is 13.1. The molecule has 0 amide bonds. The minimum absolute atomic E-state index is 0.112. The normalized spacial score (nSPS) is 17.3. The molecule has 0 unspecified atom stereocenters. The minimum Gasteiger partial charge on any atom is -0.480 e. The number of aliphatic hydroxyl groups is 1. The first-order valence-electron chi connectivity index (χ1n) is 10.3. The second-order valence-electron chi connectivity index (χ2n) is 7.46. The number of rotatable bonds is 8. The van der Waals surface area contributed by atoms with E-state index in [0.29, 0.717) is 15.5 Å². The number of nitrogens with zero attached hydrogens (tertiary/aromatic N) is 5. The third-order valence-electron chi connectivity index (χ3n) is 5.08. The number of hydrogen-bond donors (Lipinski definition) is 3. The molecule has 2 aromatic heterocycles. The molecule has 0 bridgehead atoms. The number of ether oxygens (including phenoxy) is 1. The lowest BCUT2D eigenvalue weighted by Gasteiger charge is -2.38. The topological polar surface area (TPSA) is 158 Å². The van der Waals surface area contributed by atoms with Gasteiger partial charge in [0.1, 0.15) is 11.8 Å². The molecule has 1 saturated heterocycles. The van der Waals surface area contributed by atoms with Crippen molar-refractivity contribution in [2.24, 2.45) is 0 Å². The Labute approximate surface area is 206 Å². The maximum absolute atomic E-state index is 13.1. The molecule has 36 heavy (non-hydrogen) atoms. The van der Waals surface area contributed by atoms with Crippen molar-refractivity contribution in [3.05, 3.63) is 30.5 Å². The fourth-order valence-electron chi connectivity index (χ4n) is 3.49. The van der Waals surface area contributed by atoms with Gasteiger partial charge < -0.3 is 25.2 Å². The van der Waals surface area contributed by atoms with Crippen molar-refractivity contribution in [1.29, 1.82) is 0 Å². The molecule has 0 saturated carbocycles. The summed E-state index contributed by atoms with van der Waals surface area (Å²) in [6.45, 7) is -0.172. The smallest absolute Gasteiger partial charge is 0.480 e. The van der Waals surface area contributed by atoms with Gasteiger partial charge in [0.2, 0.25) is 16.0 Å². The maximum Gasteiger partial charge on any atom is 0.573 e. The fourth-order valence-corrected chi connectivity index (χ4v) is 5.97. The SMILES string of the molecule is O=C(O)[C@H]1CN(c2nc3nc(NCCO)ncc3s2)CCN1S(=O)(=O)c1ccc(OC(F)(F)F)cc1. The second-order valence-corrected chi connectivity index (χ2v) is 10.4. The fraction of sp³-hybridized carbons (Fsp3) is 0.368. The molecule has 194 valence electrons. The van der Waals surface area contributed by atoms with Crippen LogP contribution in [0, 0.1) is 0 Å². The lowest BCUT2D eigenvalue weighted by Crippen LogP contribution is -2.58. The molecule has 12 nitrogen and oxygen atoms in total. The zero-order valence-electron chi connectivity index (χ0n) is 18.2. The minimum atomic E-state index is -4.94. The van der Waals surface area contributed by atoms with Crippen LogP contribution in [0.3, 0.4) is 0 Å². The number of piperazine rings is 1. The van der Waals surface area contributed by atoms with Gasteiger partial charge >= 0.3 is 12.3 Å². The van der Waals surface area contributed by atoms with Crippen LogP contribution in [0.5, 0.6) is 5.75 Å². The number of halogens is 3. The summed E-state index contributed by atoms with van der Waals surface area (Å²) >= 11 is 1.21. The number of carbonyl (C=O) groups is 1. The van der Waals surface area contributed by atoms with Crippen LogP contribution in [0.1, 0.15) is 0 Å². The Hall–Kier alpha value is -3.28. The first kappa shape index (κ1) is 25.8. The highest BCUT2D eigenvalue weighted by atomic mass is 32.2. The summed E-state index contributed by atoms with van der Waals surface area (Å²) in [5.41, 5.74) is 0.355. The van der Waals surface area contributed by atoms with E-state index in [1.807, 2.05) is 0 Å². The van der Waals surface area contributed by atoms with Gasteiger partial charge in [-0.1, -0.05) is 11.3 Å². The van der Waals surface area contributed by atoms with Gasteiger partial charge in [-0.3, -0.25) is 4.79 Å². The largest absolute Gasteiger partial charge is 0.573 e. The number of fused-ring (bicyclic) bond motifs is 1. The Kier molecular flexibility index (Phi) is 7.17. The molecule has 3 heterocycles. The molecule has 4 rings (SSSR count). The van der Waals surface area contributed by atoms with E-state index >= 15 is 0 Å². The van der Waals surface area contributed by atoms with Gasteiger partial charge in [-0.05, 0) is 24.3 Å². The number of nitrogens with one attached hydrogen (secondary N) is 1. The summed E-state index contributed by atoms with van der Waals surface area (Å²) in [7, 11) is -4.34. The molecule has 3 aromatic rings. The van der Waals surface area contributed by atoms with Crippen molar-refractivity contribution >= 4 is 48.8 Å². The summed E-state index contributed by atoms with van der Waals surface area (Å²) < 4.78 is 68.6. The van der Waals surface area contributed by atoms with Crippen LogP contribution in [0.15, 0.2) is 35.4 Å². The molecule has 1 atom stereocenters. The van der Waals surface area contributed by atoms with E-state index in [4.69, 9.17) is 5.11 Å². The number of anilines is 2. The Bertz CT molecular complexity index is 1350. The summed E-state index contributed by atoms with van der Waals surface area (Å²) in [6, 6.07) is 2.07. The molecule has 17 heteroatoms. The van der Waals surface area contributed by atoms with Crippen LogP contribution >= 0.6 is 11.3 Å². The van der Waals surface area contributed by atoms with Crippen molar-refractivity contribution in [3.63, 3.8) is 0 Å². The highest BCUT2D eigenvalue weighted by Crippen LogP contribution is 2.31. The van der Waals surface area contributed by atoms with Gasteiger partial charge in [-0.2, -0.15) is 14.3 Å². The van der Waals surface area contributed by atoms with E-state index < -0.39 is 34.1 Å². The van der Waals surface area contributed by atoms with E-state index in [1.54, 1.807) is 4.90 Å². The number of carboxylic acids is 1. The summed E-state index contributed by atoms with van der Waals surface area (Å²) in [4.78, 5) is 26.0. The average Bonchev–Trinajstić information content (AvgIpc) is 3.25. The lowest BCUT2D eigenvalue weighted by atomic mass is 10.2. The molecule has 0 spiro atoms. The number of hydrogen-bond acceptors (Lipinski definition) is 11. The molecule has 3 N–H and O–H groups in total. The third-order valence-corrected chi connectivity index (χ3v) is 8.05. The van der Waals surface area contributed by atoms with Gasteiger partial charge in [-0.25, -0.2) is 13.4 Å². The third kappa shape index (κ3) is 5.58. The number of sulfonamides is 1. The number of carboxylic acid groups (broad SMARTS) is 1. The van der Waals surface area contributed by atoms with E-state index in [1.165, 1.54) is 17.5 Å². The first-order chi connectivity index (χ1) is 17.0. The second kappa shape index (κ2) is 10.00. The van der Waals surface area contributed by atoms with Crippen LogP contribution < -0.4 is 15.0 Å². The van der Waals surface area contributed by atoms with Gasteiger partial charge in [0.15, 0.2) is 10.8 Å². The van der Waals surface area contributed by atoms with Crippen molar-refractivity contribution in [2.75, 3.05) is 43.0 Å². The van der Waals surface area contributed by atoms with Crippen molar-refractivity contribution < 1.29 is 41.3 Å². The zero-order chi connectivity index (χ0) is 26.1. The monoisotopic (exact) mass is 548 g/mol. The molecule has 0 aliphatic carbocycles. The Morgan fingerprint density at radius 2 is 1.94 bits per heavy atom. The van der Waals surface area contributed by atoms with Crippen LogP contribution in [-0.2, 0) is 14.8 Å². The molecule has 1 aromatic carbocycles. The summed E-state index contributed by atoms with van der Waals surface area (Å²) in [5, 5.41) is 21.9. The lowest BCUT2D eigenvalue weighted by molar-refractivity contribution is -0.274. The standard InChI is InChI=1S/C19H19F3N6O6S2/c20-19(21,22)34-11-1-3-12(4-2-11)36(32,33)28-7-6-27(10-13(28)16(30)31)18-26-15-14(35-18)9-24-17(25-15)23-5-8-29/h1-4,9,13,29H,5-8,10H2,(H,30,31)(H,23,24,25)/t13-/m1/s1. The molecular weight excluding hydrogens is 529 g/mol. The van der Waals surface area contributed by atoms with Gasteiger partial charge in [0.25, 0.3) is 0 Å². The predicted molar refractivity (Wildman–Crippen MR) is 121 cm³/mol. The Morgan fingerprint density at radius 1 is 1.22 bits per heavy atom. The molecule has 0 radical (unpaired) electrons. The van der Waals surface area contributed by atoms with E-state index in [2.05, 4.69) is 25.0 Å². The predicted octanol–water partition coefficient (Wildman–Crippen LogP) is 1.35. The number of alkyl halides is 3. The van der Waals surface area contributed by atoms with Gasteiger partial charge in [-0.15, -0.1) is 13.2 Å². The van der Waals surface area contributed by atoms with Crippen LogP contribution in [-0.4, -0.2) is 89.0 Å². The van der Waals surface area contributed by atoms with Gasteiger partial charge in [0, 0.05) is 26.2 Å². The highest BCUT2D eigenvalue weighted by Gasteiger charge is 2.41. The molecule has 1 aliphatic heterocycles. The molecule has 1 aliphatic rings. The molecular formula is C19H19F3N6O6S2.